The van der Waals surface area contributed by atoms with Crippen molar-refractivity contribution < 1.29 is 19.0 Å². The predicted octanol–water partition coefficient (Wildman–Crippen LogP) is 4.93. The number of piperazine rings is 1. The number of hydrogen-bond donors (Lipinski definition) is 1. The van der Waals surface area contributed by atoms with E-state index >= 15 is 0 Å². The number of fused-ring (bicyclic) bond motifs is 3. The Hall–Kier alpha value is -3.40. The van der Waals surface area contributed by atoms with E-state index in [1.807, 2.05) is 44.2 Å². The zero-order chi connectivity index (χ0) is 30.0. The van der Waals surface area contributed by atoms with Crippen LogP contribution in [0, 0.1) is 5.41 Å². The van der Waals surface area contributed by atoms with Gasteiger partial charge in [0.1, 0.15) is 18.2 Å². The highest BCUT2D eigenvalue weighted by molar-refractivity contribution is 6.30. The van der Waals surface area contributed by atoms with Crippen molar-refractivity contribution in [2.24, 2.45) is 5.41 Å². The van der Waals surface area contributed by atoms with Crippen molar-refractivity contribution in [3.63, 3.8) is 0 Å². The van der Waals surface area contributed by atoms with Gasteiger partial charge in [0.2, 0.25) is 5.95 Å². The summed E-state index contributed by atoms with van der Waals surface area (Å²) in [7, 11) is 0. The van der Waals surface area contributed by atoms with Gasteiger partial charge in [-0.1, -0.05) is 23.7 Å². The molecule has 6 rings (SSSR count). The number of hydrogen-bond acceptors (Lipinski definition) is 9. The van der Waals surface area contributed by atoms with Crippen LogP contribution in [0.2, 0.25) is 5.02 Å². The van der Waals surface area contributed by atoms with E-state index in [1.54, 1.807) is 0 Å². The van der Waals surface area contributed by atoms with Crippen molar-refractivity contribution in [1.82, 2.24) is 14.9 Å². The van der Waals surface area contributed by atoms with E-state index in [4.69, 9.17) is 36.5 Å². The molecule has 9 nitrogen and oxygen atoms in total. The number of ether oxygens (including phenoxy) is 3. The van der Waals surface area contributed by atoms with Gasteiger partial charge in [-0.25, -0.2) is 4.98 Å². The fourth-order valence-electron chi connectivity index (χ4n) is 6.37. The Balaban J connectivity index is 1.03. The lowest BCUT2D eigenvalue weighted by Gasteiger charge is -2.43. The summed E-state index contributed by atoms with van der Waals surface area (Å²) in [5, 5.41) is 0.717. The molecule has 1 aliphatic heterocycles. The quantitative estimate of drug-likeness (QED) is 0.322. The number of benzene rings is 2. The highest BCUT2D eigenvalue weighted by Crippen LogP contribution is 2.43. The summed E-state index contributed by atoms with van der Waals surface area (Å²) in [5.41, 5.74) is 11.3. The summed E-state index contributed by atoms with van der Waals surface area (Å²) in [6, 6.07) is 13.9. The first-order chi connectivity index (χ1) is 20.8. The molecule has 1 saturated carbocycles. The van der Waals surface area contributed by atoms with Gasteiger partial charge in [-0.2, -0.15) is 4.98 Å². The topological polar surface area (TPSA) is 103 Å². The first-order valence-corrected chi connectivity index (χ1v) is 15.6. The molecular weight excluding hydrogens is 566 g/mol. The zero-order valence-electron chi connectivity index (χ0n) is 25.0. The zero-order valence-corrected chi connectivity index (χ0v) is 25.7. The van der Waals surface area contributed by atoms with Gasteiger partial charge < -0.3 is 24.8 Å². The Bertz CT molecular complexity index is 1450. The molecule has 3 aromatic rings. The second-order valence-corrected chi connectivity index (χ2v) is 12.4. The third-order valence-electron chi connectivity index (χ3n) is 8.86. The van der Waals surface area contributed by atoms with E-state index in [9.17, 15) is 4.79 Å². The summed E-state index contributed by atoms with van der Waals surface area (Å²) < 4.78 is 17.4. The van der Waals surface area contributed by atoms with Gasteiger partial charge in [0, 0.05) is 48.9 Å². The van der Waals surface area contributed by atoms with Gasteiger partial charge in [0.25, 0.3) is 0 Å². The van der Waals surface area contributed by atoms with E-state index < -0.39 is 0 Å². The van der Waals surface area contributed by atoms with Crippen LogP contribution in [0.15, 0.2) is 42.5 Å². The average molecular weight is 606 g/mol. The standard InChI is InChI=1S/C33H40ClN5O4/c1-3-41-31(40)33(2)19-26(20-33)42-17-16-38-12-14-39(15-13-38)30-28-10-6-23-18-25(43-21-22-4-7-24(34)8-5-22)9-11-27(23)29(28)36-32(35)37-30/h4-5,7-9,11,18,26H,3,6,10,12-17,19-21H2,1-2H3,(H2,35,36,37)/t26-,33-. The Kier molecular flexibility index (Phi) is 8.75. The van der Waals surface area contributed by atoms with Crippen LogP contribution < -0.4 is 15.4 Å². The molecule has 0 amide bonds. The molecule has 2 fully saturated rings. The highest BCUT2D eigenvalue weighted by atomic mass is 35.5. The van der Waals surface area contributed by atoms with Crippen molar-refractivity contribution in [3.8, 4) is 17.0 Å². The number of esters is 1. The largest absolute Gasteiger partial charge is 0.489 e. The Morgan fingerprint density at radius 1 is 1.07 bits per heavy atom. The number of aryl methyl sites for hydroxylation is 1. The first kappa shape index (κ1) is 29.7. The number of aromatic nitrogens is 2. The molecule has 2 N–H and O–H groups in total. The fraction of sp³-hybridized carbons (Fsp3) is 0.485. The number of nitrogens with zero attached hydrogens (tertiary/aromatic N) is 4. The predicted molar refractivity (Wildman–Crippen MR) is 167 cm³/mol. The fourth-order valence-corrected chi connectivity index (χ4v) is 6.50. The number of nitrogens with two attached hydrogens (primary N) is 1. The van der Waals surface area contributed by atoms with Crippen molar-refractivity contribution >= 4 is 29.3 Å². The monoisotopic (exact) mass is 605 g/mol. The van der Waals surface area contributed by atoms with E-state index in [0.29, 0.717) is 25.8 Å². The molecular formula is C33H40ClN5O4. The van der Waals surface area contributed by atoms with E-state index in [2.05, 4.69) is 26.9 Å². The first-order valence-electron chi connectivity index (χ1n) is 15.2. The maximum Gasteiger partial charge on any atom is 0.311 e. The lowest BCUT2D eigenvalue weighted by atomic mass is 9.68. The molecule has 2 heterocycles. The molecule has 3 aliphatic rings. The molecule has 0 atom stereocenters. The molecule has 0 radical (unpaired) electrons. The summed E-state index contributed by atoms with van der Waals surface area (Å²) in [5.74, 6) is 1.99. The average Bonchev–Trinajstić information content (AvgIpc) is 2.99. The summed E-state index contributed by atoms with van der Waals surface area (Å²) in [6.07, 6.45) is 3.37. The van der Waals surface area contributed by atoms with Crippen LogP contribution in [0.4, 0.5) is 11.8 Å². The Labute approximate surface area is 258 Å². The number of anilines is 2. The van der Waals surface area contributed by atoms with Crippen LogP contribution >= 0.6 is 11.6 Å². The number of carbonyl (C=O) groups excluding carboxylic acids is 1. The second kappa shape index (κ2) is 12.7. The Morgan fingerprint density at radius 3 is 2.58 bits per heavy atom. The molecule has 10 heteroatoms. The van der Waals surface area contributed by atoms with Gasteiger partial charge >= 0.3 is 5.97 Å². The van der Waals surface area contributed by atoms with Crippen molar-refractivity contribution in [2.45, 2.75) is 52.2 Å². The summed E-state index contributed by atoms with van der Waals surface area (Å²) in [6.45, 7) is 9.87. The van der Waals surface area contributed by atoms with Crippen molar-refractivity contribution in [1.29, 1.82) is 0 Å². The van der Waals surface area contributed by atoms with E-state index in [-0.39, 0.29) is 17.5 Å². The van der Waals surface area contributed by atoms with Crippen molar-refractivity contribution in [3.05, 3.63) is 64.2 Å². The SMILES string of the molecule is CCOC(=O)[C@]1(C)C[C@@H](OCCN2CCN(c3nc(N)nc4c3CCc3cc(OCc5ccc(Cl)cc5)ccc3-4)CC2)C1. The van der Waals surface area contributed by atoms with Crippen LogP contribution in [0.3, 0.4) is 0 Å². The van der Waals surface area contributed by atoms with Gasteiger partial charge in [-0.3, -0.25) is 9.69 Å². The molecule has 2 aliphatic carbocycles. The number of carbonyl (C=O) groups is 1. The van der Waals surface area contributed by atoms with Crippen LogP contribution in [0.1, 0.15) is 43.4 Å². The smallest absolute Gasteiger partial charge is 0.311 e. The molecule has 228 valence electrons. The molecule has 0 unspecified atom stereocenters. The lowest BCUT2D eigenvalue weighted by Crippen LogP contribution is -2.49. The number of rotatable bonds is 10. The lowest BCUT2D eigenvalue weighted by molar-refractivity contribution is -0.171. The minimum atomic E-state index is -0.389. The van der Waals surface area contributed by atoms with Gasteiger partial charge in [-0.15, -0.1) is 0 Å². The van der Waals surface area contributed by atoms with Crippen molar-refractivity contribution in [2.75, 3.05) is 56.6 Å². The van der Waals surface area contributed by atoms with Crippen LogP contribution in [0.5, 0.6) is 5.75 Å². The molecule has 1 aromatic heterocycles. The minimum absolute atomic E-state index is 0.106. The molecule has 2 aromatic carbocycles. The van der Waals surface area contributed by atoms with Crippen LogP contribution in [-0.2, 0) is 33.7 Å². The molecule has 0 spiro atoms. The summed E-state index contributed by atoms with van der Waals surface area (Å²) >= 11 is 6.00. The normalized spacial score (nSPS) is 21.5. The number of halogens is 1. The van der Waals surface area contributed by atoms with E-state index in [0.717, 1.165) is 91.8 Å². The number of nitrogen functional groups attached to an aromatic ring is 1. The maximum absolute atomic E-state index is 12.1. The third-order valence-corrected chi connectivity index (χ3v) is 9.11. The molecule has 0 bridgehead atoms. The van der Waals surface area contributed by atoms with E-state index in [1.165, 1.54) is 11.1 Å². The minimum Gasteiger partial charge on any atom is -0.489 e. The third kappa shape index (κ3) is 6.59. The van der Waals surface area contributed by atoms with Gasteiger partial charge in [0.15, 0.2) is 0 Å². The molecule has 1 saturated heterocycles. The second-order valence-electron chi connectivity index (χ2n) is 12.0. The summed E-state index contributed by atoms with van der Waals surface area (Å²) in [4.78, 5) is 26.3. The van der Waals surface area contributed by atoms with Crippen LogP contribution in [0.25, 0.3) is 11.3 Å². The van der Waals surface area contributed by atoms with Gasteiger partial charge in [0.05, 0.1) is 30.4 Å². The van der Waals surface area contributed by atoms with Crippen LogP contribution in [-0.4, -0.2) is 72.9 Å². The highest BCUT2D eigenvalue weighted by Gasteiger charge is 2.48. The molecule has 43 heavy (non-hydrogen) atoms. The Morgan fingerprint density at radius 2 is 1.84 bits per heavy atom. The maximum atomic E-state index is 12.1. The van der Waals surface area contributed by atoms with Gasteiger partial charge in [-0.05, 0) is 81.0 Å².